The molecule has 1 nitrogen and oxygen atoms in total. The largest absolute Gasteiger partial charge is 0.306 e. The number of alkyl halides is 1. The number of benzene rings is 2. The zero-order valence-electron chi connectivity index (χ0n) is 20.9. The molecule has 3 rings (SSSR count). The maximum Gasteiger partial charge on any atom is 0.0108 e. The molecule has 0 aliphatic carbocycles. The van der Waals surface area contributed by atoms with Gasteiger partial charge in [-0.3, -0.25) is 0 Å². The third kappa shape index (κ3) is 24.8. The highest BCUT2D eigenvalue weighted by atomic mass is 35.5. The molecule has 0 N–H and O–H groups in total. The van der Waals surface area contributed by atoms with Gasteiger partial charge in [-0.25, -0.2) is 0 Å². The maximum absolute atomic E-state index is 4.64. The van der Waals surface area contributed by atoms with Crippen molar-refractivity contribution in [1.29, 1.82) is 0 Å². The van der Waals surface area contributed by atoms with Crippen LogP contribution in [0.1, 0.15) is 99.6 Å². The van der Waals surface area contributed by atoms with Crippen molar-refractivity contribution < 1.29 is 0 Å². The lowest BCUT2D eigenvalue weighted by atomic mass is 10.0. The van der Waals surface area contributed by atoms with Crippen molar-refractivity contribution in [3.63, 3.8) is 0 Å². The highest BCUT2D eigenvalue weighted by Gasteiger charge is 2.04. The molecule has 0 aromatic heterocycles. The predicted octanol–water partition coefficient (Wildman–Crippen LogP) is 10.1. The average Bonchev–Trinajstić information content (AvgIpc) is 2.78. The van der Waals surface area contributed by atoms with Gasteiger partial charge >= 0.3 is 0 Å². The first-order valence-corrected chi connectivity index (χ1v) is 11.9. The third-order valence-electron chi connectivity index (χ3n) is 4.01. The van der Waals surface area contributed by atoms with E-state index in [9.17, 15) is 0 Å². The number of rotatable bonds is 2. The van der Waals surface area contributed by atoms with Crippen LogP contribution in [0.3, 0.4) is 0 Å². The van der Waals surface area contributed by atoms with E-state index in [1.54, 1.807) is 0 Å². The van der Waals surface area contributed by atoms with E-state index in [4.69, 9.17) is 0 Å². The van der Waals surface area contributed by atoms with Crippen LogP contribution in [-0.4, -0.2) is 31.4 Å². The molecule has 184 valence electrons. The molecule has 0 saturated carbocycles. The van der Waals surface area contributed by atoms with Crippen LogP contribution in [0.2, 0.25) is 0 Å². The highest BCUT2D eigenvalue weighted by molar-refractivity contribution is 6.15. The van der Waals surface area contributed by atoms with Crippen molar-refractivity contribution in [3.05, 3.63) is 71.8 Å². The second-order valence-electron chi connectivity index (χ2n) is 6.79. The molecule has 0 atom stereocenters. The van der Waals surface area contributed by atoms with Crippen molar-refractivity contribution in [3.8, 4) is 0 Å². The second kappa shape index (κ2) is 30.9. The lowest BCUT2D eigenvalue weighted by molar-refractivity contribution is 0.229. The topological polar surface area (TPSA) is 3.24 Å². The van der Waals surface area contributed by atoms with Crippen LogP contribution < -0.4 is 0 Å². The average molecular weight is 454 g/mol. The molecule has 1 saturated heterocycles. The zero-order valence-corrected chi connectivity index (χ0v) is 21.6. The fraction of sp³-hybridized carbons (Fsp3) is 0.586. The predicted molar refractivity (Wildman–Crippen MR) is 151 cm³/mol. The Kier molecular flexibility index (Phi) is 39.9. The molecular weight excluding hydrogens is 398 g/mol. The van der Waals surface area contributed by atoms with Crippen LogP contribution in [-0.2, 0) is 0 Å². The lowest BCUT2D eigenvalue weighted by Crippen LogP contribution is -2.32. The van der Waals surface area contributed by atoms with Crippen molar-refractivity contribution in [1.82, 2.24) is 4.90 Å². The van der Waals surface area contributed by atoms with E-state index in [0.717, 1.165) is 0 Å². The molecular formula is C29H56ClN. The van der Waals surface area contributed by atoms with Gasteiger partial charge < -0.3 is 4.90 Å². The summed E-state index contributed by atoms with van der Waals surface area (Å²) in [5.41, 5.74) is 2.83. The van der Waals surface area contributed by atoms with Crippen molar-refractivity contribution in [2.24, 2.45) is 0 Å². The highest BCUT2D eigenvalue weighted by Crippen LogP contribution is 2.12. The van der Waals surface area contributed by atoms with Gasteiger partial charge in [0.1, 0.15) is 0 Å². The lowest BCUT2D eigenvalue weighted by Gasteiger charge is -2.24. The van der Waals surface area contributed by atoms with Crippen LogP contribution in [0.25, 0.3) is 0 Å². The minimum Gasteiger partial charge on any atom is -0.306 e. The van der Waals surface area contributed by atoms with Crippen molar-refractivity contribution in [2.75, 3.05) is 26.5 Å². The summed E-state index contributed by atoms with van der Waals surface area (Å²) in [6.07, 6.45) is 2.89. The Morgan fingerprint density at radius 3 is 0.935 bits per heavy atom. The van der Waals surface area contributed by atoms with Gasteiger partial charge in [-0.1, -0.05) is 131 Å². The molecule has 2 aromatic carbocycles. The summed E-state index contributed by atoms with van der Waals surface area (Å²) in [5, 5.41) is 0. The van der Waals surface area contributed by atoms with Crippen molar-refractivity contribution in [2.45, 2.75) is 88.5 Å². The molecule has 2 heteroatoms. The van der Waals surface area contributed by atoms with E-state index >= 15 is 0 Å². The Morgan fingerprint density at radius 2 is 0.839 bits per heavy atom. The maximum atomic E-state index is 4.64. The zero-order chi connectivity index (χ0) is 23.1. The van der Waals surface area contributed by atoms with Crippen LogP contribution in [0.15, 0.2) is 60.7 Å². The Labute approximate surface area is 203 Å². The molecule has 0 amide bonds. The van der Waals surface area contributed by atoms with E-state index in [0.29, 0.717) is 11.8 Å². The number of likely N-dealkylation sites (tertiary alicyclic amines) is 1. The van der Waals surface area contributed by atoms with Crippen LogP contribution in [0.4, 0.5) is 0 Å². The Bertz CT molecular complexity index is 461. The SMILES string of the molecule is C.C.CC.CC.CC(C)c1ccccc1.CC(C)c1ccccc1.CCl.CN1CCC1. The molecule has 0 radical (unpaired) electrons. The molecule has 1 heterocycles. The summed E-state index contributed by atoms with van der Waals surface area (Å²) >= 11 is 4.64. The molecule has 1 aliphatic heterocycles. The standard InChI is InChI=1S/2C9H12.C4H9N.2C2H6.CH3Cl.2CH4/c2*1-8(2)9-6-4-3-5-7-9;1-5-3-2-4-5;3*1-2;;/h2*3-8H,1-2H3;2-4H2,1H3;2*1-2H3;1H3;2*1H4. The minimum absolute atomic E-state index is 0. The molecule has 2 aromatic rings. The second-order valence-corrected chi connectivity index (χ2v) is 6.79. The number of nitrogens with zero attached hydrogens (tertiary/aromatic N) is 1. The van der Waals surface area contributed by atoms with Crippen LogP contribution in [0.5, 0.6) is 0 Å². The van der Waals surface area contributed by atoms with Gasteiger partial charge in [0.25, 0.3) is 0 Å². The normalized spacial score (nSPS) is 10.6. The Balaban J connectivity index is -0.0000000965. The molecule has 1 fully saturated rings. The molecule has 31 heavy (non-hydrogen) atoms. The van der Waals surface area contributed by atoms with Gasteiger partial charge in [0.2, 0.25) is 0 Å². The monoisotopic (exact) mass is 453 g/mol. The van der Waals surface area contributed by atoms with Gasteiger partial charge in [-0.2, -0.15) is 0 Å². The van der Waals surface area contributed by atoms with E-state index in [2.05, 4.69) is 99.8 Å². The number of hydrogen-bond acceptors (Lipinski definition) is 1. The van der Waals surface area contributed by atoms with Crippen LogP contribution in [0, 0.1) is 0 Å². The van der Waals surface area contributed by atoms with E-state index in [1.165, 1.54) is 37.0 Å². The quantitative estimate of drug-likeness (QED) is 0.408. The summed E-state index contributed by atoms with van der Waals surface area (Å²) in [6, 6.07) is 21.0. The molecule has 1 aliphatic rings. The molecule has 0 unspecified atom stereocenters. The van der Waals surface area contributed by atoms with Crippen LogP contribution >= 0.6 is 11.6 Å². The molecule has 0 bridgehead atoms. The Morgan fingerprint density at radius 1 is 0.613 bits per heavy atom. The van der Waals surface area contributed by atoms with Gasteiger partial charge in [-0.05, 0) is 49.5 Å². The van der Waals surface area contributed by atoms with E-state index in [1.807, 2.05) is 39.8 Å². The van der Waals surface area contributed by atoms with Crippen molar-refractivity contribution >= 4 is 11.6 Å². The fourth-order valence-corrected chi connectivity index (χ4v) is 2.15. The fourth-order valence-electron chi connectivity index (χ4n) is 2.15. The Hall–Kier alpha value is -1.31. The minimum atomic E-state index is 0. The summed E-state index contributed by atoms with van der Waals surface area (Å²) in [7, 11) is 2.14. The third-order valence-corrected chi connectivity index (χ3v) is 4.01. The van der Waals surface area contributed by atoms with E-state index < -0.39 is 0 Å². The summed E-state index contributed by atoms with van der Waals surface area (Å²) in [6.45, 7) is 19.5. The molecule has 0 spiro atoms. The summed E-state index contributed by atoms with van der Waals surface area (Å²) < 4.78 is 0. The first kappa shape index (κ1) is 40.1. The summed E-state index contributed by atoms with van der Waals surface area (Å²) in [5.74, 6) is 1.32. The smallest absolute Gasteiger partial charge is 0.0108 e. The summed E-state index contributed by atoms with van der Waals surface area (Å²) in [4.78, 5) is 2.31. The van der Waals surface area contributed by atoms with Gasteiger partial charge in [-0.15, -0.1) is 11.6 Å². The number of halogens is 1. The first-order chi connectivity index (χ1) is 14.0. The van der Waals surface area contributed by atoms with Gasteiger partial charge in [0.05, 0.1) is 0 Å². The van der Waals surface area contributed by atoms with Gasteiger partial charge in [0.15, 0.2) is 0 Å². The van der Waals surface area contributed by atoms with E-state index in [-0.39, 0.29) is 14.9 Å². The first-order valence-electron chi connectivity index (χ1n) is 11.2. The van der Waals surface area contributed by atoms with Gasteiger partial charge in [0, 0.05) is 6.38 Å². The number of hydrogen-bond donors (Lipinski definition) is 0.